The van der Waals surface area contributed by atoms with E-state index in [2.05, 4.69) is 27.9 Å². The number of carbonyl (C=O) groups is 1. The molecule has 0 radical (unpaired) electrons. The monoisotopic (exact) mass is 347 g/mol. The topological polar surface area (TPSA) is 29.1 Å². The minimum atomic E-state index is 0.185. The van der Waals surface area contributed by atoms with Crippen LogP contribution >= 0.6 is 34.4 Å². The molecule has 2 rings (SSSR count). The average molecular weight is 347 g/mol. The van der Waals surface area contributed by atoms with E-state index in [1.165, 1.54) is 0 Å². The molecule has 0 aliphatic carbocycles. The SMILES string of the molecule is O=C(Nc1ccccc1I)C1CCSCC1. The van der Waals surface area contributed by atoms with Gasteiger partial charge in [0, 0.05) is 9.49 Å². The number of carbonyl (C=O) groups excluding carboxylic acids is 1. The minimum absolute atomic E-state index is 0.185. The van der Waals surface area contributed by atoms with Crippen molar-refractivity contribution < 1.29 is 4.79 Å². The summed E-state index contributed by atoms with van der Waals surface area (Å²) in [6, 6.07) is 7.90. The smallest absolute Gasteiger partial charge is 0.227 e. The molecule has 16 heavy (non-hydrogen) atoms. The summed E-state index contributed by atoms with van der Waals surface area (Å²) >= 11 is 4.19. The van der Waals surface area contributed by atoms with Crippen LogP contribution in [-0.2, 0) is 4.79 Å². The van der Waals surface area contributed by atoms with Crippen LogP contribution in [0.2, 0.25) is 0 Å². The molecule has 1 aromatic rings. The highest BCUT2D eigenvalue weighted by atomic mass is 127. The summed E-state index contributed by atoms with van der Waals surface area (Å²) in [5, 5.41) is 3.02. The zero-order valence-electron chi connectivity index (χ0n) is 8.91. The lowest BCUT2D eigenvalue weighted by molar-refractivity contribution is -0.120. The second kappa shape index (κ2) is 5.91. The summed E-state index contributed by atoms with van der Waals surface area (Å²) in [4.78, 5) is 12.0. The second-order valence-electron chi connectivity index (χ2n) is 3.86. The van der Waals surface area contributed by atoms with E-state index >= 15 is 0 Å². The van der Waals surface area contributed by atoms with Gasteiger partial charge in [-0.2, -0.15) is 11.8 Å². The summed E-state index contributed by atoms with van der Waals surface area (Å²) < 4.78 is 1.10. The Morgan fingerprint density at radius 2 is 2.00 bits per heavy atom. The highest BCUT2D eigenvalue weighted by molar-refractivity contribution is 14.1. The average Bonchev–Trinajstić information content (AvgIpc) is 2.33. The van der Waals surface area contributed by atoms with Crippen LogP contribution in [0.25, 0.3) is 0 Å². The Morgan fingerprint density at radius 3 is 2.69 bits per heavy atom. The molecular formula is C12H14INOS. The molecule has 0 unspecified atom stereocenters. The molecule has 1 fully saturated rings. The number of hydrogen-bond acceptors (Lipinski definition) is 2. The van der Waals surface area contributed by atoms with Gasteiger partial charge in [0.05, 0.1) is 5.69 Å². The van der Waals surface area contributed by atoms with Crippen molar-refractivity contribution in [1.82, 2.24) is 0 Å². The molecule has 1 aliphatic heterocycles. The summed E-state index contributed by atoms with van der Waals surface area (Å²) in [7, 11) is 0. The third-order valence-corrected chi connectivity index (χ3v) is 4.71. The van der Waals surface area contributed by atoms with E-state index in [9.17, 15) is 4.79 Å². The van der Waals surface area contributed by atoms with Gasteiger partial charge >= 0.3 is 0 Å². The van der Waals surface area contributed by atoms with Gasteiger partial charge < -0.3 is 5.32 Å². The lowest BCUT2D eigenvalue weighted by Crippen LogP contribution is -2.26. The minimum Gasteiger partial charge on any atom is -0.325 e. The number of hydrogen-bond donors (Lipinski definition) is 1. The van der Waals surface area contributed by atoms with E-state index in [1.54, 1.807) is 0 Å². The predicted octanol–water partition coefficient (Wildman–Crippen LogP) is 3.37. The van der Waals surface area contributed by atoms with E-state index < -0.39 is 0 Å². The highest BCUT2D eigenvalue weighted by Crippen LogP contribution is 2.25. The maximum Gasteiger partial charge on any atom is 0.227 e. The fourth-order valence-electron chi connectivity index (χ4n) is 1.76. The first-order valence-electron chi connectivity index (χ1n) is 5.40. The summed E-state index contributed by atoms with van der Waals surface area (Å²) in [6.07, 6.45) is 2.03. The number of amides is 1. The molecule has 0 atom stereocenters. The third kappa shape index (κ3) is 3.13. The van der Waals surface area contributed by atoms with E-state index in [0.717, 1.165) is 33.6 Å². The summed E-state index contributed by atoms with van der Waals surface area (Å²) in [5.41, 5.74) is 0.936. The van der Waals surface area contributed by atoms with Gasteiger partial charge in [-0.3, -0.25) is 4.79 Å². The lowest BCUT2D eigenvalue weighted by atomic mass is 10.0. The standard InChI is InChI=1S/C12H14INOS/c13-10-3-1-2-4-11(10)14-12(15)9-5-7-16-8-6-9/h1-4,9H,5-8H2,(H,14,15). The molecule has 1 saturated heterocycles. The van der Waals surface area contributed by atoms with Gasteiger partial charge in [-0.1, -0.05) is 12.1 Å². The molecule has 0 aromatic heterocycles. The van der Waals surface area contributed by atoms with Crippen molar-refractivity contribution in [3.8, 4) is 0 Å². The van der Waals surface area contributed by atoms with E-state index in [-0.39, 0.29) is 11.8 Å². The Hall–Kier alpha value is -0.230. The molecule has 86 valence electrons. The summed E-state index contributed by atoms with van der Waals surface area (Å²) in [6.45, 7) is 0. The van der Waals surface area contributed by atoms with Crippen molar-refractivity contribution in [3.05, 3.63) is 27.8 Å². The zero-order valence-corrected chi connectivity index (χ0v) is 11.9. The first-order valence-corrected chi connectivity index (χ1v) is 7.64. The second-order valence-corrected chi connectivity index (χ2v) is 6.24. The Balaban J connectivity index is 1.99. The molecule has 1 aromatic carbocycles. The maximum atomic E-state index is 12.0. The van der Waals surface area contributed by atoms with Crippen LogP contribution in [0.5, 0.6) is 0 Å². The van der Waals surface area contributed by atoms with Crippen LogP contribution in [0.15, 0.2) is 24.3 Å². The zero-order chi connectivity index (χ0) is 11.4. The Labute approximate surface area is 114 Å². The van der Waals surface area contributed by atoms with Gasteiger partial charge in [0.2, 0.25) is 5.91 Å². The van der Waals surface area contributed by atoms with Gasteiger partial charge in [-0.25, -0.2) is 0 Å². The highest BCUT2D eigenvalue weighted by Gasteiger charge is 2.21. The molecule has 4 heteroatoms. The van der Waals surface area contributed by atoms with E-state index in [0.29, 0.717) is 0 Å². The summed E-state index contributed by atoms with van der Waals surface area (Å²) in [5.74, 6) is 2.62. The Morgan fingerprint density at radius 1 is 1.31 bits per heavy atom. The number of benzene rings is 1. The van der Waals surface area contributed by atoms with Crippen molar-refractivity contribution in [2.45, 2.75) is 12.8 Å². The van der Waals surface area contributed by atoms with Crippen LogP contribution in [0.1, 0.15) is 12.8 Å². The predicted molar refractivity (Wildman–Crippen MR) is 77.8 cm³/mol. The van der Waals surface area contributed by atoms with Gasteiger partial charge in [0.15, 0.2) is 0 Å². The van der Waals surface area contributed by atoms with E-state index in [4.69, 9.17) is 0 Å². The molecule has 1 aliphatic rings. The number of para-hydroxylation sites is 1. The Kier molecular flexibility index (Phi) is 4.52. The van der Waals surface area contributed by atoms with Gasteiger partial charge in [0.25, 0.3) is 0 Å². The van der Waals surface area contributed by atoms with Gasteiger partial charge in [-0.05, 0) is 59.1 Å². The normalized spacial score (nSPS) is 17.1. The molecule has 1 N–H and O–H groups in total. The molecule has 1 heterocycles. The van der Waals surface area contributed by atoms with Crippen LogP contribution in [0, 0.1) is 9.49 Å². The molecule has 0 saturated carbocycles. The molecular weight excluding hydrogens is 333 g/mol. The maximum absolute atomic E-state index is 12.0. The van der Waals surface area contributed by atoms with Crippen LogP contribution in [0.3, 0.4) is 0 Å². The fourth-order valence-corrected chi connectivity index (χ4v) is 3.39. The van der Waals surface area contributed by atoms with Crippen molar-refractivity contribution in [2.24, 2.45) is 5.92 Å². The van der Waals surface area contributed by atoms with Crippen molar-refractivity contribution in [2.75, 3.05) is 16.8 Å². The van der Waals surface area contributed by atoms with Crippen molar-refractivity contribution in [3.63, 3.8) is 0 Å². The van der Waals surface area contributed by atoms with Crippen molar-refractivity contribution in [1.29, 1.82) is 0 Å². The third-order valence-electron chi connectivity index (χ3n) is 2.72. The Bertz CT molecular complexity index is 377. The number of halogens is 1. The number of rotatable bonds is 2. The molecule has 2 nitrogen and oxygen atoms in total. The van der Waals surface area contributed by atoms with Crippen LogP contribution in [-0.4, -0.2) is 17.4 Å². The first kappa shape index (κ1) is 12.2. The number of nitrogens with one attached hydrogen (secondary N) is 1. The van der Waals surface area contributed by atoms with Gasteiger partial charge in [-0.15, -0.1) is 0 Å². The van der Waals surface area contributed by atoms with E-state index in [1.807, 2.05) is 36.0 Å². The lowest BCUT2D eigenvalue weighted by Gasteiger charge is -2.20. The van der Waals surface area contributed by atoms with Crippen LogP contribution in [0.4, 0.5) is 5.69 Å². The fraction of sp³-hybridized carbons (Fsp3) is 0.417. The molecule has 0 bridgehead atoms. The molecule has 1 amide bonds. The van der Waals surface area contributed by atoms with Gasteiger partial charge in [0.1, 0.15) is 0 Å². The van der Waals surface area contributed by atoms with Crippen molar-refractivity contribution >= 4 is 45.9 Å². The largest absolute Gasteiger partial charge is 0.325 e. The molecule has 0 spiro atoms. The van der Waals surface area contributed by atoms with Crippen LogP contribution < -0.4 is 5.32 Å². The first-order chi connectivity index (χ1) is 7.77. The number of thioether (sulfide) groups is 1. The number of anilines is 1. The quantitative estimate of drug-likeness (QED) is 0.831.